The van der Waals surface area contributed by atoms with E-state index in [1.165, 1.54) is 0 Å². The van der Waals surface area contributed by atoms with E-state index in [0.717, 1.165) is 27.5 Å². The SMILES string of the molecule is Cc1ccc(Br)cc1NC(=O)CSCC(=O)O. The first-order chi connectivity index (χ1) is 7.99. The van der Waals surface area contributed by atoms with E-state index in [9.17, 15) is 9.59 Å². The molecule has 2 N–H and O–H groups in total. The number of thioether (sulfide) groups is 1. The second-order valence-electron chi connectivity index (χ2n) is 3.39. The Balaban J connectivity index is 2.50. The van der Waals surface area contributed by atoms with E-state index in [1.807, 2.05) is 25.1 Å². The monoisotopic (exact) mass is 317 g/mol. The molecule has 0 aliphatic rings. The van der Waals surface area contributed by atoms with Crippen molar-refractivity contribution in [3.63, 3.8) is 0 Å². The molecular weight excluding hydrogens is 306 g/mol. The van der Waals surface area contributed by atoms with Gasteiger partial charge in [-0.3, -0.25) is 9.59 Å². The van der Waals surface area contributed by atoms with Crippen molar-refractivity contribution >= 4 is 45.3 Å². The highest BCUT2D eigenvalue weighted by molar-refractivity contribution is 9.10. The summed E-state index contributed by atoms with van der Waals surface area (Å²) >= 11 is 4.40. The van der Waals surface area contributed by atoms with Gasteiger partial charge in [0.1, 0.15) is 0 Å². The molecule has 0 aliphatic heterocycles. The van der Waals surface area contributed by atoms with Gasteiger partial charge in [0.05, 0.1) is 11.5 Å². The number of carboxylic acids is 1. The number of aryl methyl sites for hydroxylation is 1. The van der Waals surface area contributed by atoms with Crippen LogP contribution in [0, 0.1) is 6.92 Å². The van der Waals surface area contributed by atoms with Crippen molar-refractivity contribution in [2.24, 2.45) is 0 Å². The van der Waals surface area contributed by atoms with E-state index in [-0.39, 0.29) is 17.4 Å². The van der Waals surface area contributed by atoms with Gasteiger partial charge in [0.15, 0.2) is 0 Å². The lowest BCUT2D eigenvalue weighted by Crippen LogP contribution is -2.16. The zero-order chi connectivity index (χ0) is 12.8. The quantitative estimate of drug-likeness (QED) is 0.875. The van der Waals surface area contributed by atoms with Crippen LogP contribution in [0.4, 0.5) is 5.69 Å². The summed E-state index contributed by atoms with van der Waals surface area (Å²) in [5.74, 6) is -1.04. The Kier molecular flexibility index (Phi) is 5.50. The maximum absolute atomic E-state index is 11.5. The van der Waals surface area contributed by atoms with E-state index in [0.29, 0.717) is 0 Å². The number of nitrogens with one attached hydrogen (secondary N) is 1. The maximum atomic E-state index is 11.5. The molecule has 0 aliphatic carbocycles. The molecule has 6 heteroatoms. The van der Waals surface area contributed by atoms with Crippen LogP contribution in [-0.2, 0) is 9.59 Å². The molecule has 1 rings (SSSR count). The van der Waals surface area contributed by atoms with Crippen molar-refractivity contribution in [3.05, 3.63) is 28.2 Å². The molecule has 92 valence electrons. The Morgan fingerprint density at radius 1 is 1.41 bits per heavy atom. The van der Waals surface area contributed by atoms with Gasteiger partial charge in [-0.05, 0) is 24.6 Å². The van der Waals surface area contributed by atoms with Crippen LogP contribution in [0.25, 0.3) is 0 Å². The largest absolute Gasteiger partial charge is 0.481 e. The molecule has 0 aromatic heterocycles. The topological polar surface area (TPSA) is 66.4 Å². The minimum atomic E-state index is -0.915. The molecule has 1 aromatic carbocycles. The second-order valence-corrected chi connectivity index (χ2v) is 5.30. The molecular formula is C11H12BrNO3S. The molecule has 1 aromatic rings. The number of amides is 1. The van der Waals surface area contributed by atoms with Gasteiger partial charge < -0.3 is 10.4 Å². The van der Waals surface area contributed by atoms with Crippen LogP contribution in [0.5, 0.6) is 0 Å². The standard InChI is InChI=1S/C11H12BrNO3S/c1-7-2-3-8(12)4-9(7)13-10(14)5-17-6-11(15)16/h2-4H,5-6H2,1H3,(H,13,14)(H,15,16). The van der Waals surface area contributed by atoms with E-state index < -0.39 is 5.97 Å². The lowest BCUT2D eigenvalue weighted by Gasteiger charge is -2.08. The summed E-state index contributed by atoms with van der Waals surface area (Å²) in [5, 5.41) is 11.2. The van der Waals surface area contributed by atoms with Crippen LogP contribution in [0.2, 0.25) is 0 Å². The van der Waals surface area contributed by atoms with E-state index in [2.05, 4.69) is 21.2 Å². The number of anilines is 1. The Bertz CT molecular complexity index is 437. The molecule has 0 atom stereocenters. The lowest BCUT2D eigenvalue weighted by molar-refractivity contribution is -0.133. The van der Waals surface area contributed by atoms with Gasteiger partial charge in [0.25, 0.3) is 0 Å². The van der Waals surface area contributed by atoms with Crippen LogP contribution < -0.4 is 5.32 Å². The Morgan fingerprint density at radius 3 is 2.76 bits per heavy atom. The third-order valence-electron chi connectivity index (χ3n) is 1.93. The third kappa shape index (κ3) is 5.23. The van der Waals surface area contributed by atoms with Gasteiger partial charge in [0, 0.05) is 10.2 Å². The van der Waals surface area contributed by atoms with Crippen molar-refractivity contribution in [1.29, 1.82) is 0 Å². The molecule has 4 nitrogen and oxygen atoms in total. The van der Waals surface area contributed by atoms with Crippen molar-refractivity contribution in [2.45, 2.75) is 6.92 Å². The fraction of sp³-hybridized carbons (Fsp3) is 0.273. The Hall–Kier alpha value is -1.01. The summed E-state index contributed by atoms with van der Waals surface area (Å²) in [6.07, 6.45) is 0. The first kappa shape index (κ1) is 14.1. The number of carbonyl (C=O) groups excluding carboxylic acids is 1. The van der Waals surface area contributed by atoms with Crippen LogP contribution in [0.15, 0.2) is 22.7 Å². The first-order valence-electron chi connectivity index (χ1n) is 4.84. The van der Waals surface area contributed by atoms with Crippen LogP contribution in [0.3, 0.4) is 0 Å². The molecule has 1 amide bonds. The molecule has 0 heterocycles. The zero-order valence-corrected chi connectivity index (χ0v) is 11.6. The third-order valence-corrected chi connectivity index (χ3v) is 3.34. The average Bonchev–Trinajstić information content (AvgIpc) is 2.23. The molecule has 0 saturated heterocycles. The summed E-state index contributed by atoms with van der Waals surface area (Å²) in [7, 11) is 0. The average molecular weight is 318 g/mol. The van der Waals surface area contributed by atoms with Crippen molar-refractivity contribution in [3.8, 4) is 0 Å². The number of rotatable bonds is 5. The van der Waals surface area contributed by atoms with Gasteiger partial charge >= 0.3 is 5.97 Å². The normalized spacial score (nSPS) is 10.0. The first-order valence-corrected chi connectivity index (χ1v) is 6.79. The molecule has 17 heavy (non-hydrogen) atoms. The van der Waals surface area contributed by atoms with Crippen LogP contribution in [-0.4, -0.2) is 28.5 Å². The lowest BCUT2D eigenvalue weighted by atomic mass is 10.2. The van der Waals surface area contributed by atoms with E-state index >= 15 is 0 Å². The number of aliphatic carboxylic acids is 1. The number of hydrogen-bond donors (Lipinski definition) is 2. The highest BCUT2D eigenvalue weighted by Gasteiger charge is 2.06. The van der Waals surface area contributed by atoms with Crippen molar-refractivity contribution < 1.29 is 14.7 Å². The number of hydrogen-bond acceptors (Lipinski definition) is 3. The zero-order valence-electron chi connectivity index (χ0n) is 9.20. The molecule has 0 spiro atoms. The summed E-state index contributed by atoms with van der Waals surface area (Å²) < 4.78 is 0.886. The highest BCUT2D eigenvalue weighted by Crippen LogP contribution is 2.20. The van der Waals surface area contributed by atoms with Crippen molar-refractivity contribution in [2.75, 3.05) is 16.8 Å². The van der Waals surface area contributed by atoms with Crippen LogP contribution in [0.1, 0.15) is 5.56 Å². The predicted octanol–water partition coefficient (Wildman–Crippen LogP) is 2.51. The summed E-state index contributed by atoms with van der Waals surface area (Å²) in [4.78, 5) is 21.8. The van der Waals surface area contributed by atoms with Gasteiger partial charge in [-0.25, -0.2) is 0 Å². The minimum absolute atomic E-state index is 0.0646. The maximum Gasteiger partial charge on any atom is 0.313 e. The molecule has 0 unspecified atom stereocenters. The van der Waals surface area contributed by atoms with E-state index in [1.54, 1.807) is 0 Å². The van der Waals surface area contributed by atoms with Crippen molar-refractivity contribution in [1.82, 2.24) is 0 Å². The number of carbonyl (C=O) groups is 2. The predicted molar refractivity (Wildman–Crippen MR) is 72.5 cm³/mol. The second kappa shape index (κ2) is 6.66. The molecule has 0 saturated carbocycles. The van der Waals surface area contributed by atoms with Gasteiger partial charge in [-0.2, -0.15) is 0 Å². The fourth-order valence-corrected chi connectivity index (χ4v) is 2.04. The number of benzene rings is 1. The smallest absolute Gasteiger partial charge is 0.313 e. The van der Waals surface area contributed by atoms with Crippen LogP contribution >= 0.6 is 27.7 Å². The fourth-order valence-electron chi connectivity index (χ4n) is 1.15. The minimum Gasteiger partial charge on any atom is -0.481 e. The van der Waals surface area contributed by atoms with Gasteiger partial charge in [-0.1, -0.05) is 22.0 Å². The Labute approximate surface area is 112 Å². The summed E-state index contributed by atoms with van der Waals surface area (Å²) in [6, 6.07) is 5.60. The summed E-state index contributed by atoms with van der Waals surface area (Å²) in [6.45, 7) is 1.90. The van der Waals surface area contributed by atoms with E-state index in [4.69, 9.17) is 5.11 Å². The molecule has 0 radical (unpaired) electrons. The molecule has 0 fully saturated rings. The highest BCUT2D eigenvalue weighted by atomic mass is 79.9. The van der Waals surface area contributed by atoms with Gasteiger partial charge in [-0.15, -0.1) is 11.8 Å². The number of halogens is 1. The Morgan fingerprint density at radius 2 is 2.12 bits per heavy atom. The molecule has 0 bridgehead atoms. The summed E-state index contributed by atoms with van der Waals surface area (Å²) in [5.41, 5.74) is 1.70. The van der Waals surface area contributed by atoms with Gasteiger partial charge in [0.2, 0.25) is 5.91 Å². The number of carboxylic acid groups (broad SMARTS) is 1.